The summed E-state index contributed by atoms with van der Waals surface area (Å²) in [6.45, 7) is 4.60. The lowest BCUT2D eigenvalue weighted by Crippen LogP contribution is -2.40. The van der Waals surface area contributed by atoms with Crippen molar-refractivity contribution < 1.29 is 27.4 Å². The highest BCUT2D eigenvalue weighted by Crippen LogP contribution is 2.28. The molecule has 9 heteroatoms. The molecule has 0 unspecified atom stereocenters. The average Bonchev–Trinajstić information content (AvgIpc) is 2.85. The average molecular weight is 477 g/mol. The molecule has 0 saturated carbocycles. The minimum Gasteiger partial charge on any atom is -0.493 e. The van der Waals surface area contributed by atoms with Crippen molar-refractivity contribution in [3.05, 3.63) is 53.6 Å². The van der Waals surface area contributed by atoms with Gasteiger partial charge >= 0.3 is 0 Å². The number of rotatable bonds is 11. The Balaban J connectivity index is 1.49. The van der Waals surface area contributed by atoms with Crippen LogP contribution in [-0.4, -0.2) is 58.7 Å². The van der Waals surface area contributed by atoms with E-state index in [1.807, 2.05) is 25.1 Å². The van der Waals surface area contributed by atoms with Gasteiger partial charge in [-0.1, -0.05) is 25.1 Å². The lowest BCUT2D eigenvalue weighted by Gasteiger charge is -2.26. The summed E-state index contributed by atoms with van der Waals surface area (Å²) in [7, 11) is -1.92. The van der Waals surface area contributed by atoms with Crippen LogP contribution in [0.15, 0.2) is 47.4 Å². The molecule has 0 atom stereocenters. The van der Waals surface area contributed by atoms with Gasteiger partial charge in [0.1, 0.15) is 0 Å². The van der Waals surface area contributed by atoms with Crippen LogP contribution < -0.4 is 14.8 Å². The zero-order valence-electron chi connectivity index (χ0n) is 19.2. The molecule has 1 heterocycles. The topological polar surface area (TPSA) is 94.2 Å². The van der Waals surface area contributed by atoms with Gasteiger partial charge in [-0.2, -0.15) is 4.31 Å². The number of sulfonamides is 1. The van der Waals surface area contributed by atoms with E-state index in [0.717, 1.165) is 17.5 Å². The van der Waals surface area contributed by atoms with Gasteiger partial charge in [-0.25, -0.2) is 8.42 Å². The van der Waals surface area contributed by atoms with E-state index in [-0.39, 0.29) is 10.8 Å². The Kier molecular flexibility index (Phi) is 9.11. The van der Waals surface area contributed by atoms with Crippen LogP contribution in [-0.2, 0) is 32.5 Å². The predicted molar refractivity (Wildman–Crippen MR) is 125 cm³/mol. The molecule has 8 nitrogen and oxygen atoms in total. The predicted octanol–water partition coefficient (Wildman–Crippen LogP) is 2.75. The summed E-state index contributed by atoms with van der Waals surface area (Å²) in [5, 5.41) is 2.91. The Morgan fingerprint density at radius 3 is 2.42 bits per heavy atom. The van der Waals surface area contributed by atoms with Crippen LogP contribution in [0.5, 0.6) is 11.5 Å². The molecule has 0 radical (unpaired) electrons. The van der Waals surface area contributed by atoms with Gasteiger partial charge in [0, 0.05) is 26.1 Å². The number of nitrogens with zero attached hydrogens (tertiary/aromatic N) is 1. The SMILES string of the molecule is CCCOc1ccc(CNC(=O)CCc2ccc(S(=O)(=O)N3CCOCC3)cc2)cc1OC. The third-order valence-electron chi connectivity index (χ3n) is 5.35. The standard InChI is InChI=1S/C24H32N2O6S/c1-3-14-32-22-10-6-20(17-23(22)30-2)18-25-24(27)11-7-19-4-8-21(9-5-19)33(28,29)26-12-15-31-16-13-26/h4-6,8-10,17H,3,7,11-16,18H2,1-2H3,(H,25,27). The first-order valence-electron chi connectivity index (χ1n) is 11.2. The van der Waals surface area contributed by atoms with Gasteiger partial charge in [0.25, 0.3) is 0 Å². The number of ether oxygens (including phenoxy) is 3. The summed E-state index contributed by atoms with van der Waals surface area (Å²) in [4.78, 5) is 12.6. The molecule has 33 heavy (non-hydrogen) atoms. The van der Waals surface area contributed by atoms with Crippen molar-refractivity contribution in [3.63, 3.8) is 0 Å². The summed E-state index contributed by atoms with van der Waals surface area (Å²) < 4.78 is 43.1. The summed E-state index contributed by atoms with van der Waals surface area (Å²) in [5.74, 6) is 1.25. The third kappa shape index (κ3) is 6.93. The molecule has 1 fully saturated rings. The van der Waals surface area contributed by atoms with Crippen molar-refractivity contribution >= 4 is 15.9 Å². The van der Waals surface area contributed by atoms with E-state index in [4.69, 9.17) is 14.2 Å². The fourth-order valence-electron chi connectivity index (χ4n) is 3.46. The molecule has 180 valence electrons. The van der Waals surface area contributed by atoms with Crippen molar-refractivity contribution in [2.75, 3.05) is 40.0 Å². The Hall–Kier alpha value is -2.62. The van der Waals surface area contributed by atoms with E-state index in [0.29, 0.717) is 63.8 Å². The number of nitrogens with one attached hydrogen (secondary N) is 1. The first-order chi connectivity index (χ1) is 15.9. The molecule has 0 aliphatic carbocycles. The maximum Gasteiger partial charge on any atom is 0.243 e. The first-order valence-corrected chi connectivity index (χ1v) is 12.6. The quantitative estimate of drug-likeness (QED) is 0.536. The van der Waals surface area contributed by atoms with Crippen molar-refractivity contribution in [2.45, 2.75) is 37.6 Å². The number of methoxy groups -OCH3 is 1. The molecule has 2 aromatic rings. The molecule has 1 aliphatic heterocycles. The van der Waals surface area contributed by atoms with E-state index in [1.165, 1.54) is 4.31 Å². The molecular formula is C24H32N2O6S. The smallest absolute Gasteiger partial charge is 0.243 e. The fourth-order valence-corrected chi connectivity index (χ4v) is 4.87. The van der Waals surface area contributed by atoms with Crippen LogP contribution in [0, 0.1) is 0 Å². The van der Waals surface area contributed by atoms with Crippen LogP contribution in [0.4, 0.5) is 0 Å². The maximum absolute atomic E-state index is 12.7. The number of aryl methyl sites for hydroxylation is 1. The highest BCUT2D eigenvalue weighted by Gasteiger charge is 2.26. The van der Waals surface area contributed by atoms with E-state index in [2.05, 4.69) is 5.32 Å². The number of carbonyl (C=O) groups is 1. The van der Waals surface area contributed by atoms with Gasteiger partial charge in [0.2, 0.25) is 15.9 Å². The first kappa shape index (κ1) is 25.0. The van der Waals surface area contributed by atoms with Crippen LogP contribution in [0.2, 0.25) is 0 Å². The lowest BCUT2D eigenvalue weighted by atomic mass is 10.1. The van der Waals surface area contributed by atoms with Gasteiger partial charge < -0.3 is 19.5 Å². The molecule has 0 spiro atoms. The highest BCUT2D eigenvalue weighted by molar-refractivity contribution is 7.89. The van der Waals surface area contributed by atoms with Gasteiger partial charge in [0.05, 0.1) is 31.8 Å². The molecular weight excluding hydrogens is 444 g/mol. The van der Waals surface area contributed by atoms with Gasteiger partial charge in [-0.3, -0.25) is 4.79 Å². The summed E-state index contributed by atoms with van der Waals surface area (Å²) in [6, 6.07) is 12.3. The van der Waals surface area contributed by atoms with Crippen molar-refractivity contribution in [1.29, 1.82) is 0 Å². The Labute approximate surface area is 195 Å². The summed E-state index contributed by atoms with van der Waals surface area (Å²) in [5.41, 5.74) is 1.83. The zero-order valence-corrected chi connectivity index (χ0v) is 20.0. The molecule has 2 aromatic carbocycles. The van der Waals surface area contributed by atoms with Crippen LogP contribution >= 0.6 is 0 Å². The molecule has 1 amide bonds. The minimum absolute atomic E-state index is 0.0784. The molecule has 1 saturated heterocycles. The van der Waals surface area contributed by atoms with Crippen LogP contribution in [0.3, 0.4) is 0 Å². The molecule has 0 bridgehead atoms. The second-order valence-electron chi connectivity index (χ2n) is 7.77. The van der Waals surface area contributed by atoms with Gasteiger partial charge in [-0.05, 0) is 48.2 Å². The van der Waals surface area contributed by atoms with Crippen molar-refractivity contribution in [1.82, 2.24) is 9.62 Å². The Morgan fingerprint density at radius 2 is 1.76 bits per heavy atom. The van der Waals surface area contributed by atoms with E-state index in [9.17, 15) is 13.2 Å². The highest BCUT2D eigenvalue weighted by atomic mass is 32.2. The van der Waals surface area contributed by atoms with E-state index >= 15 is 0 Å². The number of hydrogen-bond acceptors (Lipinski definition) is 6. The minimum atomic E-state index is -3.51. The second kappa shape index (κ2) is 12.0. The normalized spacial score (nSPS) is 14.6. The second-order valence-corrected chi connectivity index (χ2v) is 9.71. The van der Waals surface area contributed by atoms with Gasteiger partial charge in [-0.15, -0.1) is 0 Å². The monoisotopic (exact) mass is 476 g/mol. The van der Waals surface area contributed by atoms with Crippen molar-refractivity contribution in [2.24, 2.45) is 0 Å². The number of amides is 1. The fraction of sp³-hybridized carbons (Fsp3) is 0.458. The van der Waals surface area contributed by atoms with Gasteiger partial charge in [0.15, 0.2) is 11.5 Å². The Bertz CT molecular complexity index is 1020. The third-order valence-corrected chi connectivity index (χ3v) is 7.26. The number of carbonyl (C=O) groups excluding carboxylic acids is 1. The van der Waals surface area contributed by atoms with E-state index < -0.39 is 10.0 Å². The molecule has 3 rings (SSSR count). The summed E-state index contributed by atoms with van der Waals surface area (Å²) >= 11 is 0. The maximum atomic E-state index is 12.7. The van der Waals surface area contributed by atoms with Crippen molar-refractivity contribution in [3.8, 4) is 11.5 Å². The Morgan fingerprint density at radius 1 is 1.06 bits per heavy atom. The van der Waals surface area contributed by atoms with Crippen LogP contribution in [0.1, 0.15) is 30.9 Å². The van der Waals surface area contributed by atoms with E-state index in [1.54, 1.807) is 31.4 Å². The molecule has 1 N–H and O–H groups in total. The van der Waals surface area contributed by atoms with Crippen LogP contribution in [0.25, 0.3) is 0 Å². The molecule has 1 aliphatic rings. The largest absolute Gasteiger partial charge is 0.493 e. The summed E-state index contributed by atoms with van der Waals surface area (Å²) in [6.07, 6.45) is 1.74. The lowest BCUT2D eigenvalue weighted by molar-refractivity contribution is -0.121. The number of hydrogen-bond donors (Lipinski definition) is 1. The number of morpholine rings is 1. The zero-order chi connectivity index (χ0) is 23.7. The number of benzene rings is 2. The molecule has 0 aromatic heterocycles.